The highest BCUT2D eigenvalue weighted by molar-refractivity contribution is 5.09. The van der Waals surface area contributed by atoms with Crippen molar-refractivity contribution in [3.05, 3.63) is 0 Å². The molecular weight excluding hydrogens is 536 g/mol. The van der Waals surface area contributed by atoms with Crippen LogP contribution in [-0.2, 0) is 9.47 Å². The maximum Gasteiger partial charge on any atom is 0.0880 e. The predicted octanol–water partition coefficient (Wildman–Crippen LogP) is 3.17. The Bertz CT molecular complexity index is 936. The smallest absolute Gasteiger partial charge is 0.0880 e. The first kappa shape index (κ1) is 32.6. The lowest BCUT2D eigenvalue weighted by molar-refractivity contribution is -0.156. The molecule has 0 N–H and O–H groups in total. The van der Waals surface area contributed by atoms with Gasteiger partial charge in [-0.25, -0.2) is 0 Å². The maximum absolute atomic E-state index is 6.20. The summed E-state index contributed by atoms with van der Waals surface area (Å²) in [5.74, 6) is 0. The molecule has 6 saturated heterocycles. The summed E-state index contributed by atoms with van der Waals surface area (Å²) >= 11 is 0. The Morgan fingerprint density at radius 2 is 1.30 bits per heavy atom. The molecule has 0 amide bonds. The Kier molecular flexibility index (Phi) is 9.13. The molecule has 0 saturated carbocycles. The molecule has 248 valence electrons. The van der Waals surface area contributed by atoms with Gasteiger partial charge in [0.1, 0.15) is 0 Å². The summed E-state index contributed by atoms with van der Waals surface area (Å²) in [6.07, 6.45) is 4.31. The molecule has 0 aromatic carbocycles. The van der Waals surface area contributed by atoms with E-state index in [1.54, 1.807) is 0 Å². The Morgan fingerprint density at radius 1 is 0.698 bits per heavy atom. The van der Waals surface area contributed by atoms with Crippen molar-refractivity contribution in [2.24, 2.45) is 10.8 Å². The second-order valence-electron chi connectivity index (χ2n) is 17.9. The van der Waals surface area contributed by atoms with E-state index in [1.165, 1.54) is 97.8 Å². The van der Waals surface area contributed by atoms with E-state index in [9.17, 15) is 0 Å². The molecule has 8 heteroatoms. The SMILES string of the molecule is CCOCCN1CC2(C1)CN(C(C)(C)CCC(C)(C)N1CCN(C3COC3CN3CCC4(C3)CN(C(C)(C)C)C4)CC1)C2. The second-order valence-corrected chi connectivity index (χ2v) is 17.9. The molecule has 6 aliphatic heterocycles. The molecule has 6 heterocycles. The molecule has 0 radical (unpaired) electrons. The Morgan fingerprint density at radius 3 is 1.88 bits per heavy atom. The number of piperazine rings is 1. The van der Waals surface area contributed by atoms with Crippen LogP contribution in [0.4, 0.5) is 0 Å². The molecule has 6 fully saturated rings. The molecule has 2 unspecified atom stereocenters. The zero-order valence-electron chi connectivity index (χ0n) is 29.3. The van der Waals surface area contributed by atoms with Crippen molar-refractivity contribution in [1.29, 1.82) is 0 Å². The van der Waals surface area contributed by atoms with Crippen molar-refractivity contribution in [2.45, 2.75) is 103 Å². The molecule has 0 aliphatic carbocycles. The lowest BCUT2D eigenvalue weighted by Gasteiger charge is -2.64. The third-order valence-electron chi connectivity index (χ3n) is 12.6. The fourth-order valence-corrected chi connectivity index (χ4v) is 9.14. The van der Waals surface area contributed by atoms with Crippen molar-refractivity contribution in [3.63, 3.8) is 0 Å². The van der Waals surface area contributed by atoms with E-state index in [2.05, 4.69) is 84.8 Å². The monoisotopic (exact) mass is 603 g/mol. The van der Waals surface area contributed by atoms with Gasteiger partial charge in [-0.3, -0.25) is 24.5 Å². The molecule has 0 bridgehead atoms. The minimum atomic E-state index is 0.252. The quantitative estimate of drug-likeness (QED) is 0.316. The molecule has 2 spiro atoms. The van der Waals surface area contributed by atoms with E-state index in [-0.39, 0.29) is 11.1 Å². The van der Waals surface area contributed by atoms with Crippen molar-refractivity contribution < 1.29 is 9.47 Å². The van der Waals surface area contributed by atoms with Crippen LogP contribution in [0.2, 0.25) is 0 Å². The zero-order chi connectivity index (χ0) is 30.7. The summed E-state index contributed by atoms with van der Waals surface area (Å²) in [6, 6.07) is 0.619. The van der Waals surface area contributed by atoms with Crippen LogP contribution in [0.25, 0.3) is 0 Å². The minimum absolute atomic E-state index is 0.252. The first-order chi connectivity index (χ1) is 20.2. The van der Waals surface area contributed by atoms with Gasteiger partial charge in [0.05, 0.1) is 25.4 Å². The highest BCUT2D eigenvalue weighted by Gasteiger charge is 2.55. The molecule has 6 rings (SSSR count). The average molecular weight is 603 g/mol. The highest BCUT2D eigenvalue weighted by Crippen LogP contribution is 2.45. The lowest BCUT2D eigenvalue weighted by Crippen LogP contribution is -2.75. The summed E-state index contributed by atoms with van der Waals surface area (Å²) in [4.78, 5) is 16.3. The fourth-order valence-electron chi connectivity index (χ4n) is 9.14. The topological polar surface area (TPSA) is 37.9 Å². The van der Waals surface area contributed by atoms with Crippen LogP contribution in [0.3, 0.4) is 0 Å². The van der Waals surface area contributed by atoms with Gasteiger partial charge < -0.3 is 14.4 Å². The number of ether oxygens (including phenoxy) is 2. The summed E-state index contributed by atoms with van der Waals surface area (Å²) in [5, 5.41) is 0. The molecule has 8 nitrogen and oxygen atoms in total. The summed E-state index contributed by atoms with van der Waals surface area (Å²) in [5.41, 5.74) is 1.97. The van der Waals surface area contributed by atoms with Crippen molar-refractivity contribution in [2.75, 3.05) is 111 Å². The van der Waals surface area contributed by atoms with Gasteiger partial charge in [0, 0.05) is 119 Å². The van der Waals surface area contributed by atoms with E-state index < -0.39 is 0 Å². The van der Waals surface area contributed by atoms with Gasteiger partial charge in [0.25, 0.3) is 0 Å². The largest absolute Gasteiger partial charge is 0.380 e. The lowest BCUT2D eigenvalue weighted by atomic mass is 9.70. The number of nitrogens with zero attached hydrogens (tertiary/aromatic N) is 6. The van der Waals surface area contributed by atoms with Crippen molar-refractivity contribution in [1.82, 2.24) is 29.4 Å². The molecule has 6 aliphatic rings. The van der Waals surface area contributed by atoms with E-state index in [1.807, 2.05) is 0 Å². The number of likely N-dealkylation sites (tertiary alicyclic amines) is 4. The van der Waals surface area contributed by atoms with Crippen LogP contribution >= 0.6 is 0 Å². The summed E-state index contributed by atoms with van der Waals surface area (Å²) in [6.45, 7) is 39.0. The van der Waals surface area contributed by atoms with Crippen LogP contribution < -0.4 is 0 Å². The number of hydrogen-bond donors (Lipinski definition) is 0. The van der Waals surface area contributed by atoms with Gasteiger partial charge in [-0.05, 0) is 81.2 Å². The standard InChI is InChI=1S/C35H66N6O2/c1-9-42-19-18-37-23-35(24-37)27-41(28-35)33(7,8)11-10-32(5,6)39-16-14-38(15-17-39)29-21-43-30(29)20-36-13-12-34(22-36)25-40(26-34)31(2,3)4/h29-30H,9-28H2,1-8H3. The Balaban J connectivity index is 0.887. The zero-order valence-corrected chi connectivity index (χ0v) is 29.3. The summed E-state index contributed by atoms with van der Waals surface area (Å²) < 4.78 is 11.8. The number of rotatable bonds is 12. The van der Waals surface area contributed by atoms with Crippen molar-refractivity contribution >= 4 is 0 Å². The fraction of sp³-hybridized carbons (Fsp3) is 1.00. The first-order valence-electron chi connectivity index (χ1n) is 17.9. The highest BCUT2D eigenvalue weighted by atomic mass is 16.5. The van der Waals surface area contributed by atoms with Crippen LogP contribution in [0.1, 0.15) is 74.7 Å². The van der Waals surface area contributed by atoms with E-state index in [0.717, 1.165) is 32.9 Å². The number of hydrogen-bond acceptors (Lipinski definition) is 8. The Labute approximate surface area is 264 Å². The van der Waals surface area contributed by atoms with Crippen LogP contribution in [0.15, 0.2) is 0 Å². The first-order valence-corrected chi connectivity index (χ1v) is 17.9. The van der Waals surface area contributed by atoms with Gasteiger partial charge in [-0.1, -0.05) is 0 Å². The minimum Gasteiger partial charge on any atom is -0.380 e. The van der Waals surface area contributed by atoms with E-state index >= 15 is 0 Å². The normalized spacial score (nSPS) is 31.3. The third kappa shape index (κ3) is 6.88. The van der Waals surface area contributed by atoms with Gasteiger partial charge in [-0.15, -0.1) is 0 Å². The average Bonchev–Trinajstić information content (AvgIpc) is 3.29. The molecule has 2 atom stereocenters. The molecule has 0 aromatic rings. The predicted molar refractivity (Wildman–Crippen MR) is 176 cm³/mol. The third-order valence-corrected chi connectivity index (χ3v) is 12.6. The van der Waals surface area contributed by atoms with Gasteiger partial charge in [-0.2, -0.15) is 0 Å². The summed E-state index contributed by atoms with van der Waals surface area (Å²) in [7, 11) is 0. The van der Waals surface area contributed by atoms with Crippen LogP contribution in [0.5, 0.6) is 0 Å². The van der Waals surface area contributed by atoms with Crippen LogP contribution in [-0.4, -0.2) is 170 Å². The second kappa shape index (κ2) is 12.0. The van der Waals surface area contributed by atoms with E-state index in [4.69, 9.17) is 9.47 Å². The maximum atomic E-state index is 6.20. The molecule has 43 heavy (non-hydrogen) atoms. The van der Waals surface area contributed by atoms with Crippen molar-refractivity contribution in [3.8, 4) is 0 Å². The Hall–Kier alpha value is -0.320. The van der Waals surface area contributed by atoms with Crippen LogP contribution in [0, 0.1) is 10.8 Å². The molecule has 0 aromatic heterocycles. The van der Waals surface area contributed by atoms with E-state index in [0.29, 0.717) is 28.5 Å². The van der Waals surface area contributed by atoms with Gasteiger partial charge >= 0.3 is 0 Å². The molecular formula is C35H66N6O2. The van der Waals surface area contributed by atoms with Gasteiger partial charge in [0.15, 0.2) is 0 Å². The van der Waals surface area contributed by atoms with Gasteiger partial charge in [0.2, 0.25) is 0 Å².